The van der Waals surface area contributed by atoms with Crippen LogP contribution >= 0.6 is 0 Å². The smallest absolute Gasteiger partial charge is 0.122 e. The van der Waals surface area contributed by atoms with Gasteiger partial charge in [-0.25, -0.2) is 0 Å². The average Bonchev–Trinajstić information content (AvgIpc) is 2.10. The van der Waals surface area contributed by atoms with Gasteiger partial charge in [-0.15, -0.1) is 6.58 Å². The molecule has 0 radical (unpaired) electrons. The first-order chi connectivity index (χ1) is 6.25. The van der Waals surface area contributed by atoms with Crippen LogP contribution in [0.1, 0.15) is 5.56 Å². The molecule has 0 saturated carbocycles. The van der Waals surface area contributed by atoms with E-state index in [4.69, 9.17) is 5.73 Å². The van der Waals surface area contributed by atoms with Crippen LogP contribution in [0, 0.1) is 0 Å². The topological polar surface area (TPSA) is 58.3 Å². The third kappa shape index (κ3) is 2.49. The number of anilines is 1. The average molecular weight is 178 g/mol. The fourth-order valence-corrected chi connectivity index (χ4v) is 1.08. The summed E-state index contributed by atoms with van der Waals surface area (Å²) in [6, 6.07) is 5.12. The third-order valence-corrected chi connectivity index (χ3v) is 1.78. The number of benzene rings is 1. The van der Waals surface area contributed by atoms with Crippen molar-refractivity contribution in [2.45, 2.75) is 6.54 Å². The Labute approximate surface area is 77.9 Å². The predicted molar refractivity (Wildman–Crippen MR) is 54.4 cm³/mol. The van der Waals surface area contributed by atoms with Gasteiger partial charge in [0.05, 0.1) is 0 Å². The molecule has 1 aromatic carbocycles. The minimum absolute atomic E-state index is 0.233. The minimum Gasteiger partial charge on any atom is -0.508 e. The summed E-state index contributed by atoms with van der Waals surface area (Å²) in [7, 11) is 0. The van der Waals surface area contributed by atoms with Crippen LogP contribution in [0.4, 0.5) is 5.69 Å². The van der Waals surface area contributed by atoms with Crippen LogP contribution in [0.25, 0.3) is 0 Å². The van der Waals surface area contributed by atoms with Gasteiger partial charge < -0.3 is 16.2 Å². The molecule has 70 valence electrons. The summed E-state index contributed by atoms with van der Waals surface area (Å²) in [5.41, 5.74) is 7.03. The molecule has 4 N–H and O–H groups in total. The molecule has 0 aliphatic rings. The highest BCUT2D eigenvalue weighted by atomic mass is 16.3. The van der Waals surface area contributed by atoms with Gasteiger partial charge in [0.15, 0.2) is 0 Å². The number of nitrogens with one attached hydrogen (secondary N) is 1. The Bertz CT molecular complexity index is 277. The molecule has 0 unspecified atom stereocenters. The quantitative estimate of drug-likeness (QED) is 0.369. The van der Waals surface area contributed by atoms with E-state index in [1.807, 2.05) is 0 Å². The molecule has 0 fully saturated rings. The first-order valence-corrected chi connectivity index (χ1v) is 4.13. The number of hydrogen-bond acceptors (Lipinski definition) is 3. The summed E-state index contributed by atoms with van der Waals surface area (Å²) < 4.78 is 0. The number of aromatic hydroxyl groups is 1. The zero-order chi connectivity index (χ0) is 9.68. The molecule has 0 heterocycles. The van der Waals surface area contributed by atoms with Crippen LogP contribution in [0.3, 0.4) is 0 Å². The molecule has 1 rings (SSSR count). The highest BCUT2D eigenvalue weighted by Gasteiger charge is 2.02. The van der Waals surface area contributed by atoms with E-state index in [2.05, 4.69) is 11.9 Å². The highest BCUT2D eigenvalue weighted by Crippen LogP contribution is 2.22. The maximum atomic E-state index is 9.44. The standard InChI is InChI=1S/C10H14N2O/c1-2-6-12-7-8-9(11)4-3-5-10(8)13/h2-5,12-13H,1,6-7,11H2. The summed E-state index contributed by atoms with van der Waals surface area (Å²) >= 11 is 0. The number of nitrogens with two attached hydrogens (primary N) is 1. The second-order valence-electron chi connectivity index (χ2n) is 2.76. The molecule has 0 aromatic heterocycles. The van der Waals surface area contributed by atoms with Crippen molar-refractivity contribution in [3.8, 4) is 5.75 Å². The summed E-state index contributed by atoms with van der Waals surface area (Å²) in [6.45, 7) is 4.84. The molecular formula is C10H14N2O. The van der Waals surface area contributed by atoms with E-state index in [1.54, 1.807) is 24.3 Å². The summed E-state index contributed by atoms with van der Waals surface area (Å²) in [6.07, 6.45) is 1.76. The Kier molecular flexibility index (Phi) is 3.34. The SMILES string of the molecule is C=CCNCc1c(N)cccc1O. The van der Waals surface area contributed by atoms with Crippen LogP contribution in [-0.2, 0) is 6.54 Å². The lowest BCUT2D eigenvalue weighted by atomic mass is 10.1. The van der Waals surface area contributed by atoms with Crippen molar-refractivity contribution >= 4 is 5.69 Å². The number of rotatable bonds is 4. The Morgan fingerprint density at radius 1 is 1.54 bits per heavy atom. The first kappa shape index (κ1) is 9.61. The Morgan fingerprint density at radius 2 is 2.31 bits per heavy atom. The van der Waals surface area contributed by atoms with Gasteiger partial charge >= 0.3 is 0 Å². The van der Waals surface area contributed by atoms with E-state index in [-0.39, 0.29) is 5.75 Å². The van der Waals surface area contributed by atoms with Crippen molar-refractivity contribution in [1.29, 1.82) is 0 Å². The van der Waals surface area contributed by atoms with E-state index in [9.17, 15) is 5.11 Å². The van der Waals surface area contributed by atoms with Crippen LogP contribution in [0.5, 0.6) is 5.75 Å². The van der Waals surface area contributed by atoms with Crippen molar-refractivity contribution in [2.75, 3.05) is 12.3 Å². The van der Waals surface area contributed by atoms with Crippen molar-refractivity contribution in [1.82, 2.24) is 5.32 Å². The molecule has 1 aromatic rings. The van der Waals surface area contributed by atoms with E-state index in [0.29, 0.717) is 18.8 Å². The second-order valence-corrected chi connectivity index (χ2v) is 2.76. The molecule has 0 bridgehead atoms. The van der Waals surface area contributed by atoms with Crippen molar-refractivity contribution < 1.29 is 5.11 Å². The molecule has 0 atom stereocenters. The lowest BCUT2D eigenvalue weighted by Gasteiger charge is -2.07. The lowest BCUT2D eigenvalue weighted by molar-refractivity contribution is 0.466. The van der Waals surface area contributed by atoms with Gasteiger partial charge in [-0.05, 0) is 12.1 Å². The van der Waals surface area contributed by atoms with E-state index >= 15 is 0 Å². The first-order valence-electron chi connectivity index (χ1n) is 4.13. The molecule has 0 aliphatic heterocycles. The Balaban J connectivity index is 2.69. The fourth-order valence-electron chi connectivity index (χ4n) is 1.08. The molecule has 13 heavy (non-hydrogen) atoms. The number of nitrogen functional groups attached to an aromatic ring is 1. The fraction of sp³-hybridized carbons (Fsp3) is 0.200. The third-order valence-electron chi connectivity index (χ3n) is 1.78. The Morgan fingerprint density at radius 3 is 2.92 bits per heavy atom. The van der Waals surface area contributed by atoms with Gasteiger partial charge in [0, 0.05) is 24.3 Å². The lowest BCUT2D eigenvalue weighted by Crippen LogP contribution is -2.13. The normalized spacial score (nSPS) is 9.85. The predicted octanol–water partition coefficient (Wildman–Crippen LogP) is 1.25. The molecule has 0 spiro atoms. The number of phenolic OH excluding ortho intramolecular Hbond substituents is 1. The van der Waals surface area contributed by atoms with E-state index in [0.717, 1.165) is 5.56 Å². The molecule has 0 saturated heterocycles. The van der Waals surface area contributed by atoms with E-state index in [1.165, 1.54) is 0 Å². The van der Waals surface area contributed by atoms with Crippen LogP contribution in [0.2, 0.25) is 0 Å². The van der Waals surface area contributed by atoms with Crippen molar-refractivity contribution in [2.24, 2.45) is 0 Å². The molecule has 3 nitrogen and oxygen atoms in total. The van der Waals surface area contributed by atoms with Crippen LogP contribution < -0.4 is 11.1 Å². The Hall–Kier alpha value is -1.48. The molecular weight excluding hydrogens is 164 g/mol. The summed E-state index contributed by atoms with van der Waals surface area (Å²) in [5, 5.41) is 12.5. The van der Waals surface area contributed by atoms with E-state index < -0.39 is 0 Å². The summed E-state index contributed by atoms with van der Waals surface area (Å²) in [4.78, 5) is 0. The largest absolute Gasteiger partial charge is 0.508 e. The minimum atomic E-state index is 0.233. The maximum absolute atomic E-state index is 9.44. The summed E-state index contributed by atoms with van der Waals surface area (Å²) in [5.74, 6) is 0.233. The van der Waals surface area contributed by atoms with Gasteiger partial charge in [0.1, 0.15) is 5.75 Å². The zero-order valence-corrected chi connectivity index (χ0v) is 7.46. The molecule has 0 aliphatic carbocycles. The van der Waals surface area contributed by atoms with Gasteiger partial charge in [-0.2, -0.15) is 0 Å². The van der Waals surface area contributed by atoms with Crippen molar-refractivity contribution in [3.05, 3.63) is 36.4 Å². The molecule has 3 heteroatoms. The number of phenols is 1. The van der Waals surface area contributed by atoms with Gasteiger partial charge in [0.2, 0.25) is 0 Å². The van der Waals surface area contributed by atoms with Crippen molar-refractivity contribution in [3.63, 3.8) is 0 Å². The maximum Gasteiger partial charge on any atom is 0.122 e. The monoisotopic (exact) mass is 178 g/mol. The molecule has 0 amide bonds. The van der Waals surface area contributed by atoms with Crippen LogP contribution in [-0.4, -0.2) is 11.7 Å². The van der Waals surface area contributed by atoms with Crippen LogP contribution in [0.15, 0.2) is 30.9 Å². The number of hydrogen-bond donors (Lipinski definition) is 3. The zero-order valence-electron chi connectivity index (χ0n) is 7.46. The second kappa shape index (κ2) is 4.52. The van der Waals surface area contributed by atoms with Gasteiger partial charge in [-0.1, -0.05) is 12.1 Å². The van der Waals surface area contributed by atoms with Gasteiger partial charge in [-0.3, -0.25) is 0 Å². The van der Waals surface area contributed by atoms with Gasteiger partial charge in [0.25, 0.3) is 0 Å². The highest BCUT2D eigenvalue weighted by molar-refractivity contribution is 5.53.